The van der Waals surface area contributed by atoms with Gasteiger partial charge in [0, 0.05) is 38.1 Å². The van der Waals surface area contributed by atoms with Gasteiger partial charge < -0.3 is 15.5 Å². The topological polar surface area (TPSA) is 56.7 Å². The Bertz CT molecular complexity index is 416. The lowest BCUT2D eigenvalue weighted by molar-refractivity contribution is -0.134. The fourth-order valence-corrected chi connectivity index (χ4v) is 3.71. The van der Waals surface area contributed by atoms with Crippen LogP contribution in [0.3, 0.4) is 0 Å². The Kier molecular flexibility index (Phi) is 7.86. The summed E-state index contributed by atoms with van der Waals surface area (Å²) in [4.78, 5) is 19.3. The molecule has 1 saturated heterocycles. The second-order valence-electron chi connectivity index (χ2n) is 7.69. The van der Waals surface area contributed by atoms with E-state index >= 15 is 0 Å². The lowest BCUT2D eigenvalue weighted by atomic mass is 10.1. The summed E-state index contributed by atoms with van der Waals surface area (Å²) in [6.45, 7) is 10.0. The molecule has 0 spiro atoms. The molecule has 24 heavy (non-hydrogen) atoms. The van der Waals surface area contributed by atoms with Gasteiger partial charge in [-0.15, -0.1) is 0 Å². The van der Waals surface area contributed by atoms with Crippen LogP contribution >= 0.6 is 0 Å². The number of rotatable bonds is 7. The quantitative estimate of drug-likeness (QED) is 0.427. The zero-order valence-corrected chi connectivity index (χ0v) is 15.8. The predicted octanol–water partition coefficient (Wildman–Crippen LogP) is 2.77. The largest absolute Gasteiger partial charge is 0.357 e. The van der Waals surface area contributed by atoms with Gasteiger partial charge in [0.25, 0.3) is 0 Å². The Hall–Kier alpha value is -1.26. The normalized spacial score (nSPS) is 22.4. The maximum Gasteiger partial charge on any atom is 0.225 e. The molecule has 1 heterocycles. The van der Waals surface area contributed by atoms with Crippen LogP contribution in [0, 0.1) is 11.8 Å². The number of hydrogen-bond acceptors (Lipinski definition) is 2. The maximum atomic E-state index is 12.5. The molecule has 2 aliphatic rings. The highest BCUT2D eigenvalue weighted by molar-refractivity contribution is 5.81. The first kappa shape index (κ1) is 19.1. The van der Waals surface area contributed by atoms with Crippen LogP contribution in [0.2, 0.25) is 0 Å². The second kappa shape index (κ2) is 9.90. The third-order valence-corrected chi connectivity index (χ3v) is 5.10. The number of amides is 1. The van der Waals surface area contributed by atoms with E-state index in [9.17, 15) is 4.79 Å². The van der Waals surface area contributed by atoms with Crippen LogP contribution in [0.1, 0.15) is 65.7 Å². The SMILES string of the molecule is CCNC(=NCCCC(C)C)NC1CCN(C(=O)C2CCCC2)C1. The Balaban J connectivity index is 1.77. The van der Waals surface area contributed by atoms with E-state index in [1.807, 2.05) is 0 Å². The molecule has 0 radical (unpaired) electrons. The average molecular weight is 337 g/mol. The highest BCUT2D eigenvalue weighted by Crippen LogP contribution is 2.27. The van der Waals surface area contributed by atoms with Crippen LogP contribution in [-0.4, -0.2) is 49.0 Å². The van der Waals surface area contributed by atoms with E-state index in [0.717, 1.165) is 63.7 Å². The van der Waals surface area contributed by atoms with Crippen molar-refractivity contribution in [2.75, 3.05) is 26.2 Å². The van der Waals surface area contributed by atoms with Crippen molar-refractivity contribution in [3.63, 3.8) is 0 Å². The molecular weight excluding hydrogens is 300 g/mol. The van der Waals surface area contributed by atoms with E-state index in [2.05, 4.69) is 41.3 Å². The van der Waals surface area contributed by atoms with Gasteiger partial charge in [-0.3, -0.25) is 9.79 Å². The third kappa shape index (κ3) is 5.99. The number of likely N-dealkylation sites (tertiary alicyclic amines) is 1. The summed E-state index contributed by atoms with van der Waals surface area (Å²) < 4.78 is 0. The minimum atomic E-state index is 0.293. The zero-order valence-electron chi connectivity index (χ0n) is 15.8. The van der Waals surface area contributed by atoms with Gasteiger partial charge >= 0.3 is 0 Å². The molecule has 0 aromatic rings. The zero-order chi connectivity index (χ0) is 17.4. The molecule has 138 valence electrons. The Morgan fingerprint density at radius 1 is 1.25 bits per heavy atom. The second-order valence-corrected chi connectivity index (χ2v) is 7.69. The summed E-state index contributed by atoms with van der Waals surface area (Å²) in [6, 6.07) is 0.332. The third-order valence-electron chi connectivity index (χ3n) is 5.10. The van der Waals surface area contributed by atoms with Gasteiger partial charge in [-0.1, -0.05) is 26.7 Å². The smallest absolute Gasteiger partial charge is 0.225 e. The van der Waals surface area contributed by atoms with Gasteiger partial charge in [0.15, 0.2) is 5.96 Å². The number of hydrogen-bond donors (Lipinski definition) is 2. The van der Waals surface area contributed by atoms with Crippen molar-refractivity contribution in [1.82, 2.24) is 15.5 Å². The van der Waals surface area contributed by atoms with E-state index in [1.165, 1.54) is 19.3 Å². The summed E-state index contributed by atoms with van der Waals surface area (Å²) in [6.07, 6.45) is 8.00. The summed E-state index contributed by atoms with van der Waals surface area (Å²) in [5.74, 6) is 2.32. The highest BCUT2D eigenvalue weighted by atomic mass is 16.2. The van der Waals surface area contributed by atoms with Gasteiger partial charge in [-0.05, 0) is 44.9 Å². The number of guanidine groups is 1. The summed E-state index contributed by atoms with van der Waals surface area (Å²) in [7, 11) is 0. The van der Waals surface area contributed by atoms with Crippen LogP contribution < -0.4 is 10.6 Å². The summed E-state index contributed by atoms with van der Waals surface area (Å²) >= 11 is 0. The average Bonchev–Trinajstić information content (AvgIpc) is 3.22. The minimum absolute atomic E-state index is 0.293. The number of nitrogens with zero attached hydrogens (tertiary/aromatic N) is 2. The number of nitrogens with one attached hydrogen (secondary N) is 2. The Morgan fingerprint density at radius 2 is 2.00 bits per heavy atom. The minimum Gasteiger partial charge on any atom is -0.357 e. The highest BCUT2D eigenvalue weighted by Gasteiger charge is 2.32. The van der Waals surface area contributed by atoms with Gasteiger partial charge in [-0.2, -0.15) is 0 Å². The predicted molar refractivity (Wildman–Crippen MR) is 100 cm³/mol. The van der Waals surface area contributed by atoms with Crippen molar-refractivity contribution in [1.29, 1.82) is 0 Å². The molecule has 0 aromatic heterocycles. The fraction of sp³-hybridized carbons (Fsp3) is 0.895. The van der Waals surface area contributed by atoms with E-state index in [4.69, 9.17) is 0 Å². The Labute approximate surface area is 147 Å². The molecule has 0 aromatic carbocycles. The molecule has 1 unspecified atom stereocenters. The Morgan fingerprint density at radius 3 is 2.67 bits per heavy atom. The van der Waals surface area contributed by atoms with Crippen molar-refractivity contribution in [3.8, 4) is 0 Å². The molecule has 5 heteroatoms. The standard InChI is InChI=1S/C19H36N4O/c1-4-20-19(21-12-7-8-15(2)3)22-17-11-13-23(14-17)18(24)16-9-5-6-10-16/h15-17H,4-14H2,1-3H3,(H2,20,21,22). The van der Waals surface area contributed by atoms with Crippen LogP contribution in [0.15, 0.2) is 4.99 Å². The van der Waals surface area contributed by atoms with E-state index in [-0.39, 0.29) is 0 Å². The van der Waals surface area contributed by atoms with Gasteiger partial charge in [0.2, 0.25) is 5.91 Å². The molecule has 2 rings (SSSR count). The first-order valence-electron chi connectivity index (χ1n) is 9.93. The van der Waals surface area contributed by atoms with Crippen LogP contribution in [0.25, 0.3) is 0 Å². The molecule has 1 atom stereocenters. The number of carbonyl (C=O) groups excluding carboxylic acids is 1. The van der Waals surface area contributed by atoms with Crippen LogP contribution in [-0.2, 0) is 4.79 Å². The molecule has 1 saturated carbocycles. The molecule has 5 nitrogen and oxygen atoms in total. The van der Waals surface area contributed by atoms with E-state index < -0.39 is 0 Å². The lowest BCUT2D eigenvalue weighted by Crippen LogP contribution is -2.45. The van der Waals surface area contributed by atoms with Crippen molar-refractivity contribution >= 4 is 11.9 Å². The number of aliphatic imine (C=N–C) groups is 1. The monoisotopic (exact) mass is 336 g/mol. The van der Waals surface area contributed by atoms with Crippen LogP contribution in [0.4, 0.5) is 0 Å². The van der Waals surface area contributed by atoms with Crippen LogP contribution in [0.5, 0.6) is 0 Å². The van der Waals surface area contributed by atoms with Crippen molar-refractivity contribution in [3.05, 3.63) is 0 Å². The van der Waals surface area contributed by atoms with E-state index in [1.54, 1.807) is 0 Å². The molecule has 1 aliphatic carbocycles. The summed E-state index contributed by atoms with van der Waals surface area (Å²) in [5, 5.41) is 6.86. The fourth-order valence-electron chi connectivity index (χ4n) is 3.71. The lowest BCUT2D eigenvalue weighted by Gasteiger charge is -2.21. The number of carbonyl (C=O) groups is 1. The van der Waals surface area contributed by atoms with Gasteiger partial charge in [0.1, 0.15) is 0 Å². The van der Waals surface area contributed by atoms with Crippen molar-refractivity contribution < 1.29 is 4.79 Å². The molecule has 2 N–H and O–H groups in total. The van der Waals surface area contributed by atoms with Gasteiger partial charge in [-0.25, -0.2) is 0 Å². The first-order valence-corrected chi connectivity index (χ1v) is 9.93. The molecule has 0 bridgehead atoms. The molecular formula is C19H36N4O. The van der Waals surface area contributed by atoms with Crippen molar-refractivity contribution in [2.45, 2.75) is 71.8 Å². The van der Waals surface area contributed by atoms with Gasteiger partial charge in [0.05, 0.1) is 0 Å². The molecule has 1 aliphatic heterocycles. The van der Waals surface area contributed by atoms with Crippen molar-refractivity contribution in [2.24, 2.45) is 16.8 Å². The molecule has 2 fully saturated rings. The summed E-state index contributed by atoms with van der Waals surface area (Å²) in [5.41, 5.74) is 0. The molecule has 1 amide bonds. The van der Waals surface area contributed by atoms with E-state index in [0.29, 0.717) is 17.9 Å². The first-order chi connectivity index (χ1) is 11.6. The maximum absolute atomic E-state index is 12.5.